The molecule has 0 saturated carbocycles. The number of thiophene rings is 1. The zero-order valence-electron chi connectivity index (χ0n) is 9.01. The summed E-state index contributed by atoms with van der Waals surface area (Å²) in [6, 6.07) is 11.8. The van der Waals surface area contributed by atoms with Crippen LogP contribution in [0, 0.1) is 0 Å². The van der Waals surface area contributed by atoms with E-state index >= 15 is 0 Å². The molecule has 3 aromatic rings. The maximum absolute atomic E-state index is 11.8. The molecule has 2 heterocycles. The standard InChI is InChI=1S/C13H10N2OS/c16-12-10-6-7-17-13(10)15-11(14-12)8-9-4-2-1-3-5-9/h1-7H,8H2,(H,14,15,16). The number of rotatable bonds is 2. The first kappa shape index (κ1) is 10.2. The van der Waals surface area contributed by atoms with Gasteiger partial charge >= 0.3 is 0 Å². The van der Waals surface area contributed by atoms with Crippen molar-refractivity contribution >= 4 is 21.6 Å². The summed E-state index contributed by atoms with van der Waals surface area (Å²) in [5, 5.41) is 2.56. The van der Waals surface area contributed by atoms with Crippen LogP contribution in [0.3, 0.4) is 0 Å². The molecular formula is C13H10N2OS. The molecule has 4 heteroatoms. The van der Waals surface area contributed by atoms with Gasteiger partial charge in [-0.1, -0.05) is 30.3 Å². The predicted molar refractivity (Wildman–Crippen MR) is 69.5 cm³/mol. The third kappa shape index (κ3) is 1.99. The van der Waals surface area contributed by atoms with Gasteiger partial charge in [0.2, 0.25) is 0 Å². The van der Waals surface area contributed by atoms with Gasteiger partial charge in [0.25, 0.3) is 5.56 Å². The Balaban J connectivity index is 2.04. The summed E-state index contributed by atoms with van der Waals surface area (Å²) >= 11 is 1.50. The fourth-order valence-electron chi connectivity index (χ4n) is 1.78. The van der Waals surface area contributed by atoms with Crippen LogP contribution >= 0.6 is 11.3 Å². The van der Waals surface area contributed by atoms with E-state index in [0.29, 0.717) is 11.8 Å². The monoisotopic (exact) mass is 242 g/mol. The first-order valence-corrected chi connectivity index (χ1v) is 6.21. The molecule has 0 fully saturated rings. The minimum Gasteiger partial charge on any atom is -0.310 e. The first-order chi connectivity index (χ1) is 8.33. The summed E-state index contributed by atoms with van der Waals surface area (Å²) < 4.78 is 0. The number of aromatic nitrogens is 2. The Labute approximate surface area is 102 Å². The Morgan fingerprint density at radius 1 is 1.18 bits per heavy atom. The lowest BCUT2D eigenvalue weighted by Gasteiger charge is -2.00. The van der Waals surface area contributed by atoms with Crippen LogP contribution in [0.2, 0.25) is 0 Å². The molecule has 0 amide bonds. The van der Waals surface area contributed by atoms with Crippen molar-refractivity contribution in [1.82, 2.24) is 9.97 Å². The lowest BCUT2D eigenvalue weighted by Crippen LogP contribution is -2.10. The molecule has 17 heavy (non-hydrogen) atoms. The van der Waals surface area contributed by atoms with Crippen LogP contribution in [0.5, 0.6) is 0 Å². The van der Waals surface area contributed by atoms with Gasteiger partial charge in [0.05, 0.1) is 5.39 Å². The van der Waals surface area contributed by atoms with Crippen molar-refractivity contribution in [3.63, 3.8) is 0 Å². The number of fused-ring (bicyclic) bond motifs is 1. The Kier molecular flexibility index (Phi) is 2.49. The topological polar surface area (TPSA) is 45.8 Å². The van der Waals surface area contributed by atoms with Crippen LogP contribution < -0.4 is 5.56 Å². The van der Waals surface area contributed by atoms with Gasteiger partial charge in [0, 0.05) is 6.42 Å². The quantitative estimate of drug-likeness (QED) is 0.750. The molecule has 0 aliphatic rings. The van der Waals surface area contributed by atoms with E-state index in [-0.39, 0.29) is 5.56 Å². The van der Waals surface area contributed by atoms with Crippen molar-refractivity contribution < 1.29 is 0 Å². The van der Waals surface area contributed by atoms with E-state index in [1.165, 1.54) is 11.3 Å². The molecule has 0 aliphatic heterocycles. The van der Waals surface area contributed by atoms with E-state index in [1.54, 1.807) is 6.07 Å². The molecule has 1 N–H and O–H groups in total. The molecule has 0 atom stereocenters. The Bertz CT molecular complexity index is 700. The highest BCUT2D eigenvalue weighted by atomic mass is 32.1. The van der Waals surface area contributed by atoms with E-state index in [0.717, 1.165) is 16.2 Å². The number of benzene rings is 1. The molecule has 0 spiro atoms. The largest absolute Gasteiger partial charge is 0.310 e. The fraction of sp³-hybridized carbons (Fsp3) is 0.0769. The fourth-order valence-corrected chi connectivity index (χ4v) is 2.57. The van der Waals surface area contributed by atoms with Crippen LogP contribution in [0.25, 0.3) is 10.2 Å². The van der Waals surface area contributed by atoms with Gasteiger partial charge in [-0.25, -0.2) is 4.98 Å². The number of H-pyrrole nitrogens is 1. The zero-order valence-corrected chi connectivity index (χ0v) is 9.83. The predicted octanol–water partition coefficient (Wildman–Crippen LogP) is 2.58. The van der Waals surface area contributed by atoms with Gasteiger partial charge in [0.1, 0.15) is 10.7 Å². The second-order valence-corrected chi connectivity index (χ2v) is 4.71. The summed E-state index contributed by atoms with van der Waals surface area (Å²) in [6.07, 6.45) is 0.657. The number of nitrogens with one attached hydrogen (secondary N) is 1. The highest BCUT2D eigenvalue weighted by Gasteiger charge is 2.05. The second kappa shape index (κ2) is 4.14. The third-order valence-corrected chi connectivity index (χ3v) is 3.40. The average Bonchev–Trinajstić information content (AvgIpc) is 2.79. The highest BCUT2D eigenvalue weighted by Crippen LogP contribution is 2.15. The van der Waals surface area contributed by atoms with Gasteiger partial charge in [-0.2, -0.15) is 0 Å². The molecule has 0 radical (unpaired) electrons. The molecule has 0 saturated heterocycles. The van der Waals surface area contributed by atoms with Crippen molar-refractivity contribution in [1.29, 1.82) is 0 Å². The number of aromatic amines is 1. The molecule has 0 aliphatic carbocycles. The molecule has 0 unspecified atom stereocenters. The van der Waals surface area contributed by atoms with Gasteiger partial charge in [-0.15, -0.1) is 11.3 Å². The van der Waals surface area contributed by atoms with Crippen molar-refractivity contribution in [3.05, 3.63) is 63.5 Å². The van der Waals surface area contributed by atoms with Crippen molar-refractivity contribution in [2.45, 2.75) is 6.42 Å². The Hall–Kier alpha value is -1.94. The van der Waals surface area contributed by atoms with E-state index < -0.39 is 0 Å². The minimum atomic E-state index is -0.0535. The lowest BCUT2D eigenvalue weighted by atomic mass is 10.1. The SMILES string of the molecule is O=c1[nH]c(Cc2ccccc2)nc2sccc12. The average molecular weight is 242 g/mol. The Morgan fingerprint density at radius 2 is 2.00 bits per heavy atom. The van der Waals surface area contributed by atoms with E-state index in [2.05, 4.69) is 9.97 Å². The Morgan fingerprint density at radius 3 is 2.82 bits per heavy atom. The van der Waals surface area contributed by atoms with Gasteiger partial charge < -0.3 is 4.98 Å². The van der Waals surface area contributed by atoms with E-state index in [9.17, 15) is 4.79 Å². The zero-order chi connectivity index (χ0) is 11.7. The smallest absolute Gasteiger partial charge is 0.259 e. The summed E-state index contributed by atoms with van der Waals surface area (Å²) in [4.78, 5) is 19.8. The van der Waals surface area contributed by atoms with Crippen molar-refractivity contribution in [2.75, 3.05) is 0 Å². The van der Waals surface area contributed by atoms with Crippen LogP contribution in [0.1, 0.15) is 11.4 Å². The van der Waals surface area contributed by atoms with E-state index in [1.807, 2.05) is 35.7 Å². The molecule has 84 valence electrons. The summed E-state index contributed by atoms with van der Waals surface area (Å²) in [6.45, 7) is 0. The van der Waals surface area contributed by atoms with Crippen molar-refractivity contribution in [2.24, 2.45) is 0 Å². The number of hydrogen-bond acceptors (Lipinski definition) is 3. The molecular weight excluding hydrogens is 232 g/mol. The van der Waals surface area contributed by atoms with Gasteiger partial charge in [-0.05, 0) is 17.0 Å². The summed E-state index contributed by atoms with van der Waals surface area (Å²) in [5.41, 5.74) is 1.09. The number of hydrogen-bond donors (Lipinski definition) is 1. The molecule has 1 aromatic carbocycles. The maximum Gasteiger partial charge on any atom is 0.259 e. The van der Waals surface area contributed by atoms with Crippen LogP contribution in [0.4, 0.5) is 0 Å². The maximum atomic E-state index is 11.8. The second-order valence-electron chi connectivity index (χ2n) is 3.81. The van der Waals surface area contributed by atoms with Crippen LogP contribution in [0.15, 0.2) is 46.6 Å². The van der Waals surface area contributed by atoms with Crippen LogP contribution in [-0.2, 0) is 6.42 Å². The summed E-state index contributed by atoms with van der Waals surface area (Å²) in [5.74, 6) is 0.719. The third-order valence-electron chi connectivity index (χ3n) is 2.60. The van der Waals surface area contributed by atoms with Gasteiger partial charge in [-0.3, -0.25) is 4.79 Å². The first-order valence-electron chi connectivity index (χ1n) is 5.33. The molecule has 0 bridgehead atoms. The molecule has 3 rings (SSSR count). The lowest BCUT2D eigenvalue weighted by molar-refractivity contribution is 0.977. The normalized spacial score (nSPS) is 10.8. The van der Waals surface area contributed by atoms with E-state index in [4.69, 9.17) is 0 Å². The van der Waals surface area contributed by atoms with Gasteiger partial charge in [0.15, 0.2) is 0 Å². The number of nitrogens with zero attached hydrogens (tertiary/aromatic N) is 1. The molecule has 3 nitrogen and oxygen atoms in total. The highest BCUT2D eigenvalue weighted by molar-refractivity contribution is 7.16. The van der Waals surface area contributed by atoms with Crippen LogP contribution in [-0.4, -0.2) is 9.97 Å². The minimum absolute atomic E-state index is 0.0535. The molecule has 2 aromatic heterocycles. The summed E-state index contributed by atoms with van der Waals surface area (Å²) in [7, 11) is 0. The van der Waals surface area contributed by atoms with Crippen molar-refractivity contribution in [3.8, 4) is 0 Å².